The zero-order valence-corrected chi connectivity index (χ0v) is 11.1. The molecule has 0 saturated carbocycles. The van der Waals surface area contributed by atoms with E-state index in [1.807, 2.05) is 0 Å². The number of halogens is 1. The summed E-state index contributed by atoms with van der Waals surface area (Å²) >= 11 is 0. The molecule has 0 unspecified atom stereocenters. The number of nitrogens with two attached hydrogens (primary N) is 1. The van der Waals surface area contributed by atoms with Crippen molar-refractivity contribution in [2.75, 3.05) is 6.54 Å². The third kappa shape index (κ3) is 3.31. The molecule has 0 saturated heterocycles. The van der Waals surface area contributed by atoms with E-state index in [1.165, 1.54) is 23.0 Å². The Labute approximate surface area is 116 Å². The molecular weight excluding hydrogens is 257 g/mol. The number of nitrogens with zero attached hydrogens (tertiary/aromatic N) is 2. The lowest BCUT2D eigenvalue weighted by atomic mass is 10.1. The van der Waals surface area contributed by atoms with Gasteiger partial charge in [-0.15, -0.1) is 0 Å². The first kappa shape index (κ1) is 14.0. The Kier molecular flexibility index (Phi) is 4.28. The molecule has 1 aromatic carbocycles. The first-order chi connectivity index (χ1) is 9.60. The fourth-order valence-corrected chi connectivity index (χ4v) is 1.73. The van der Waals surface area contributed by atoms with Gasteiger partial charge in [0.25, 0.3) is 5.56 Å². The lowest BCUT2D eigenvalue weighted by molar-refractivity contribution is 0.593. The van der Waals surface area contributed by atoms with Gasteiger partial charge in [0.05, 0.1) is 19.4 Å². The molecule has 0 amide bonds. The van der Waals surface area contributed by atoms with Crippen LogP contribution in [-0.4, -0.2) is 16.1 Å². The van der Waals surface area contributed by atoms with Gasteiger partial charge >= 0.3 is 0 Å². The maximum absolute atomic E-state index is 13.9. The molecule has 20 heavy (non-hydrogen) atoms. The summed E-state index contributed by atoms with van der Waals surface area (Å²) in [6.45, 7) is 2.10. The second kappa shape index (κ2) is 6.13. The molecule has 0 radical (unpaired) electrons. The highest BCUT2D eigenvalue weighted by Gasteiger charge is 2.05. The molecule has 0 aliphatic carbocycles. The fraction of sp³-hybridized carbons (Fsp3) is 0.200. The van der Waals surface area contributed by atoms with E-state index < -0.39 is 5.82 Å². The minimum atomic E-state index is -0.402. The zero-order chi connectivity index (χ0) is 14.5. The van der Waals surface area contributed by atoms with Crippen LogP contribution >= 0.6 is 0 Å². The van der Waals surface area contributed by atoms with E-state index in [0.717, 1.165) is 0 Å². The molecule has 102 valence electrons. The molecule has 2 N–H and O–H groups in total. The average Bonchev–Trinajstić information content (AvgIpc) is 2.42. The molecule has 0 atom stereocenters. The van der Waals surface area contributed by atoms with Gasteiger partial charge in [0, 0.05) is 22.9 Å². The Bertz CT molecular complexity index is 741. The van der Waals surface area contributed by atoms with Crippen molar-refractivity contribution in [3.05, 3.63) is 63.6 Å². The molecule has 4 nitrogen and oxygen atoms in total. The summed E-state index contributed by atoms with van der Waals surface area (Å²) in [5, 5.41) is 0. The van der Waals surface area contributed by atoms with Gasteiger partial charge < -0.3 is 5.73 Å². The third-order valence-electron chi connectivity index (χ3n) is 2.74. The van der Waals surface area contributed by atoms with Crippen molar-refractivity contribution in [2.45, 2.75) is 13.5 Å². The van der Waals surface area contributed by atoms with Crippen LogP contribution in [0.3, 0.4) is 0 Å². The Morgan fingerprint density at radius 2 is 2.20 bits per heavy atom. The van der Waals surface area contributed by atoms with Crippen molar-refractivity contribution in [3.63, 3.8) is 0 Å². The van der Waals surface area contributed by atoms with Gasteiger partial charge in [-0.05, 0) is 19.1 Å². The molecule has 0 spiro atoms. The molecule has 1 heterocycles. The van der Waals surface area contributed by atoms with Crippen LogP contribution in [-0.2, 0) is 6.54 Å². The standard InChI is InChI=1S/C15H14FN3O/c1-11-7-15(20)19(10-18-11)9-13-5-4-12(3-2-6-17)8-14(13)16/h4-5,7-8,10H,6,9,17H2,1H3. The van der Waals surface area contributed by atoms with Crippen LogP contribution in [0, 0.1) is 24.6 Å². The van der Waals surface area contributed by atoms with Crippen LogP contribution in [0.25, 0.3) is 0 Å². The summed E-state index contributed by atoms with van der Waals surface area (Å²) in [5.74, 6) is 5.02. The maximum atomic E-state index is 13.9. The van der Waals surface area contributed by atoms with E-state index in [1.54, 1.807) is 19.1 Å². The molecule has 2 aromatic rings. The smallest absolute Gasteiger partial charge is 0.253 e. The van der Waals surface area contributed by atoms with E-state index in [4.69, 9.17) is 5.73 Å². The molecule has 5 heteroatoms. The van der Waals surface area contributed by atoms with Gasteiger partial charge in [0.15, 0.2) is 0 Å². The normalized spacial score (nSPS) is 9.95. The van der Waals surface area contributed by atoms with Gasteiger partial charge in [-0.25, -0.2) is 9.37 Å². The van der Waals surface area contributed by atoms with Gasteiger partial charge in [-0.1, -0.05) is 17.9 Å². The first-order valence-electron chi connectivity index (χ1n) is 6.10. The Balaban J connectivity index is 2.28. The number of benzene rings is 1. The summed E-state index contributed by atoms with van der Waals surface area (Å²) in [7, 11) is 0. The van der Waals surface area contributed by atoms with Crippen molar-refractivity contribution in [3.8, 4) is 11.8 Å². The topological polar surface area (TPSA) is 60.9 Å². The summed E-state index contributed by atoms with van der Waals surface area (Å²) < 4.78 is 15.3. The number of aromatic nitrogens is 2. The quantitative estimate of drug-likeness (QED) is 0.830. The van der Waals surface area contributed by atoms with E-state index >= 15 is 0 Å². The van der Waals surface area contributed by atoms with Crippen LogP contribution in [0.2, 0.25) is 0 Å². The summed E-state index contributed by atoms with van der Waals surface area (Å²) in [6, 6.07) is 6.07. The average molecular weight is 271 g/mol. The van der Waals surface area contributed by atoms with Crippen LogP contribution in [0.4, 0.5) is 4.39 Å². The van der Waals surface area contributed by atoms with Crippen LogP contribution < -0.4 is 11.3 Å². The van der Waals surface area contributed by atoms with E-state index in [2.05, 4.69) is 16.8 Å². The Morgan fingerprint density at radius 1 is 1.40 bits per heavy atom. The van der Waals surface area contributed by atoms with E-state index in [-0.39, 0.29) is 18.6 Å². The summed E-state index contributed by atoms with van der Waals surface area (Å²) in [4.78, 5) is 15.8. The molecule has 0 aliphatic rings. The van der Waals surface area contributed by atoms with Gasteiger partial charge in [0.2, 0.25) is 0 Å². The SMILES string of the molecule is Cc1cc(=O)n(Cc2ccc(C#CCN)cc2F)cn1. The largest absolute Gasteiger partial charge is 0.320 e. The van der Waals surface area contributed by atoms with Crippen molar-refractivity contribution >= 4 is 0 Å². The van der Waals surface area contributed by atoms with Crippen LogP contribution in [0.15, 0.2) is 35.4 Å². The van der Waals surface area contributed by atoms with Gasteiger partial charge in [0.1, 0.15) is 5.82 Å². The van der Waals surface area contributed by atoms with Gasteiger partial charge in [-0.2, -0.15) is 0 Å². The van der Waals surface area contributed by atoms with Crippen LogP contribution in [0.1, 0.15) is 16.8 Å². The number of hydrogen-bond acceptors (Lipinski definition) is 3. The Hall–Kier alpha value is -2.45. The monoisotopic (exact) mass is 271 g/mol. The minimum absolute atomic E-state index is 0.141. The molecule has 0 aliphatic heterocycles. The highest BCUT2D eigenvalue weighted by molar-refractivity contribution is 5.37. The second-order valence-electron chi connectivity index (χ2n) is 4.31. The summed E-state index contributed by atoms with van der Waals surface area (Å²) in [6.07, 6.45) is 1.42. The predicted octanol–water partition coefficient (Wildman–Crippen LogP) is 1.05. The zero-order valence-electron chi connectivity index (χ0n) is 11.1. The maximum Gasteiger partial charge on any atom is 0.253 e. The lowest BCUT2D eigenvalue weighted by Gasteiger charge is -2.07. The van der Waals surface area contributed by atoms with Crippen molar-refractivity contribution in [1.29, 1.82) is 0 Å². The number of aryl methyl sites for hydroxylation is 1. The first-order valence-corrected chi connectivity index (χ1v) is 6.10. The molecule has 0 bridgehead atoms. The third-order valence-corrected chi connectivity index (χ3v) is 2.74. The highest BCUT2D eigenvalue weighted by Crippen LogP contribution is 2.10. The lowest BCUT2D eigenvalue weighted by Crippen LogP contribution is -2.21. The molecular formula is C15H14FN3O. The van der Waals surface area contributed by atoms with Crippen molar-refractivity contribution < 1.29 is 4.39 Å². The van der Waals surface area contributed by atoms with Crippen molar-refractivity contribution in [2.24, 2.45) is 5.73 Å². The van der Waals surface area contributed by atoms with Gasteiger partial charge in [-0.3, -0.25) is 9.36 Å². The van der Waals surface area contributed by atoms with Crippen LogP contribution in [0.5, 0.6) is 0 Å². The molecule has 0 fully saturated rings. The second-order valence-corrected chi connectivity index (χ2v) is 4.31. The van der Waals surface area contributed by atoms with E-state index in [9.17, 15) is 9.18 Å². The fourth-order valence-electron chi connectivity index (χ4n) is 1.73. The Morgan fingerprint density at radius 3 is 2.85 bits per heavy atom. The molecule has 2 rings (SSSR count). The molecule has 1 aromatic heterocycles. The predicted molar refractivity (Wildman–Crippen MR) is 74.7 cm³/mol. The number of rotatable bonds is 2. The minimum Gasteiger partial charge on any atom is -0.320 e. The van der Waals surface area contributed by atoms with Crippen molar-refractivity contribution in [1.82, 2.24) is 9.55 Å². The van der Waals surface area contributed by atoms with E-state index in [0.29, 0.717) is 16.8 Å². The number of hydrogen-bond donors (Lipinski definition) is 1. The summed E-state index contributed by atoms with van der Waals surface area (Å²) in [5.41, 5.74) is 6.67. The highest BCUT2D eigenvalue weighted by atomic mass is 19.1.